The summed E-state index contributed by atoms with van der Waals surface area (Å²) in [4.78, 5) is 11.6. The van der Waals surface area contributed by atoms with E-state index in [4.69, 9.17) is 0 Å². The third kappa shape index (κ3) is 0.723. The topological polar surface area (TPSA) is 37.3 Å². The Hall–Kier alpha value is -0.370. The average molecular weight is 194 g/mol. The fraction of sp³-hybridized carbons (Fsp3) is 0.917. The van der Waals surface area contributed by atoms with Gasteiger partial charge in [0, 0.05) is 18.3 Å². The van der Waals surface area contributed by atoms with Gasteiger partial charge in [0.2, 0.25) is 0 Å². The molecule has 0 aromatic heterocycles. The minimum atomic E-state index is -0.574. The lowest BCUT2D eigenvalue weighted by atomic mass is 9.65. The summed E-state index contributed by atoms with van der Waals surface area (Å²) >= 11 is 0. The predicted molar refractivity (Wildman–Crippen MR) is 52.8 cm³/mol. The van der Waals surface area contributed by atoms with Gasteiger partial charge in [0.25, 0.3) is 0 Å². The van der Waals surface area contributed by atoms with Crippen LogP contribution in [0, 0.1) is 10.8 Å². The van der Waals surface area contributed by atoms with Crippen LogP contribution in [0.2, 0.25) is 0 Å². The highest BCUT2D eigenvalue weighted by Gasteiger charge is 2.70. The van der Waals surface area contributed by atoms with Gasteiger partial charge in [0.05, 0.1) is 5.60 Å². The van der Waals surface area contributed by atoms with Crippen molar-refractivity contribution in [2.75, 3.05) is 0 Å². The highest BCUT2D eigenvalue weighted by atomic mass is 16.3. The first kappa shape index (κ1) is 8.90. The number of rotatable bonds is 0. The summed E-state index contributed by atoms with van der Waals surface area (Å²) in [6.07, 6.45) is 6.85. The van der Waals surface area contributed by atoms with Crippen LogP contribution in [0.15, 0.2) is 0 Å². The molecule has 78 valence electrons. The lowest BCUT2D eigenvalue weighted by Crippen LogP contribution is -2.44. The summed E-state index contributed by atoms with van der Waals surface area (Å²) in [5.41, 5.74) is -0.402. The standard InChI is InChI=1S/C12H18O2/c1-10(14)5-6-11-3-2-4-12(10,11)8-9(13)7-11/h14H,2-8H2,1H3/t10-,11-,12-/m1/s1. The smallest absolute Gasteiger partial charge is 0.134 e. The van der Waals surface area contributed by atoms with Gasteiger partial charge >= 0.3 is 0 Å². The molecule has 0 saturated heterocycles. The van der Waals surface area contributed by atoms with Gasteiger partial charge in [-0.05, 0) is 38.0 Å². The van der Waals surface area contributed by atoms with Crippen molar-refractivity contribution in [1.82, 2.24) is 0 Å². The molecule has 3 fully saturated rings. The van der Waals surface area contributed by atoms with Crippen LogP contribution >= 0.6 is 0 Å². The second kappa shape index (κ2) is 2.24. The second-order valence-corrected chi connectivity index (χ2v) is 5.88. The molecular weight excluding hydrogens is 176 g/mol. The van der Waals surface area contributed by atoms with Gasteiger partial charge in [0.15, 0.2) is 0 Å². The molecule has 2 nitrogen and oxygen atoms in total. The van der Waals surface area contributed by atoms with Crippen molar-refractivity contribution >= 4 is 5.78 Å². The van der Waals surface area contributed by atoms with Crippen molar-refractivity contribution in [3.8, 4) is 0 Å². The molecule has 14 heavy (non-hydrogen) atoms. The Balaban J connectivity index is 2.14. The largest absolute Gasteiger partial charge is 0.390 e. The second-order valence-electron chi connectivity index (χ2n) is 5.88. The summed E-state index contributed by atoms with van der Waals surface area (Å²) in [7, 11) is 0. The molecule has 3 atom stereocenters. The first-order valence-corrected chi connectivity index (χ1v) is 5.76. The number of hydrogen-bond acceptors (Lipinski definition) is 2. The van der Waals surface area contributed by atoms with Crippen LogP contribution in [-0.4, -0.2) is 16.5 Å². The zero-order chi connectivity index (χ0) is 10.0. The van der Waals surface area contributed by atoms with Gasteiger partial charge in [-0.3, -0.25) is 4.79 Å². The van der Waals surface area contributed by atoms with Crippen molar-refractivity contribution in [2.24, 2.45) is 10.8 Å². The molecule has 0 aromatic rings. The van der Waals surface area contributed by atoms with E-state index in [1.54, 1.807) is 0 Å². The molecular formula is C12H18O2. The van der Waals surface area contributed by atoms with Gasteiger partial charge in [-0.1, -0.05) is 6.42 Å². The van der Waals surface area contributed by atoms with Gasteiger partial charge in [0.1, 0.15) is 5.78 Å². The van der Waals surface area contributed by atoms with Crippen LogP contribution in [0.1, 0.15) is 51.9 Å². The summed E-state index contributed by atoms with van der Waals surface area (Å²) in [6.45, 7) is 1.96. The first-order chi connectivity index (χ1) is 6.52. The van der Waals surface area contributed by atoms with Crippen LogP contribution in [-0.2, 0) is 4.79 Å². The Morgan fingerprint density at radius 3 is 2.64 bits per heavy atom. The zero-order valence-corrected chi connectivity index (χ0v) is 8.81. The molecule has 0 unspecified atom stereocenters. The Bertz CT molecular complexity index is 307. The number of carbonyl (C=O) groups excluding carboxylic acids is 1. The van der Waals surface area contributed by atoms with Gasteiger partial charge < -0.3 is 5.11 Å². The molecule has 0 aromatic carbocycles. The Labute approximate surface area is 84.7 Å². The maximum Gasteiger partial charge on any atom is 0.134 e. The van der Waals surface area contributed by atoms with E-state index >= 15 is 0 Å². The van der Waals surface area contributed by atoms with E-state index in [1.165, 1.54) is 12.8 Å². The average Bonchev–Trinajstić information content (AvgIpc) is 2.58. The maximum absolute atomic E-state index is 11.6. The lowest BCUT2D eigenvalue weighted by molar-refractivity contribution is -0.120. The highest BCUT2D eigenvalue weighted by molar-refractivity contribution is 5.84. The molecule has 3 aliphatic rings. The van der Waals surface area contributed by atoms with E-state index < -0.39 is 5.60 Å². The molecule has 0 heterocycles. The van der Waals surface area contributed by atoms with Gasteiger partial charge in [-0.15, -0.1) is 0 Å². The van der Waals surface area contributed by atoms with Crippen LogP contribution in [0.25, 0.3) is 0 Å². The number of hydrogen-bond donors (Lipinski definition) is 1. The quantitative estimate of drug-likeness (QED) is 0.641. The van der Waals surface area contributed by atoms with E-state index in [0.29, 0.717) is 12.2 Å². The van der Waals surface area contributed by atoms with Crippen molar-refractivity contribution in [1.29, 1.82) is 0 Å². The van der Waals surface area contributed by atoms with E-state index in [0.717, 1.165) is 25.7 Å². The SMILES string of the molecule is C[C@@]1(O)CC[C@@]23CCC[C@]21CC(=O)C3. The van der Waals surface area contributed by atoms with Gasteiger partial charge in [-0.25, -0.2) is 0 Å². The first-order valence-electron chi connectivity index (χ1n) is 5.76. The van der Waals surface area contributed by atoms with Crippen LogP contribution in [0.3, 0.4) is 0 Å². The van der Waals surface area contributed by atoms with Crippen molar-refractivity contribution in [3.05, 3.63) is 0 Å². The highest BCUT2D eigenvalue weighted by Crippen LogP contribution is 2.73. The Morgan fingerprint density at radius 1 is 1.14 bits per heavy atom. The molecule has 0 spiro atoms. The third-order valence-corrected chi connectivity index (χ3v) is 5.43. The number of ketones is 1. The number of carbonyl (C=O) groups is 1. The van der Waals surface area contributed by atoms with Crippen LogP contribution < -0.4 is 0 Å². The molecule has 0 bridgehead atoms. The van der Waals surface area contributed by atoms with E-state index in [9.17, 15) is 9.90 Å². The monoisotopic (exact) mass is 194 g/mol. The molecule has 3 saturated carbocycles. The lowest BCUT2D eigenvalue weighted by Gasteiger charge is -2.41. The minimum absolute atomic E-state index is 0.0307. The molecule has 3 rings (SSSR count). The zero-order valence-electron chi connectivity index (χ0n) is 8.81. The fourth-order valence-electron chi connectivity index (χ4n) is 4.75. The summed E-state index contributed by atoms with van der Waals surface area (Å²) in [5, 5.41) is 10.5. The number of aliphatic hydroxyl groups is 1. The molecule has 0 aliphatic heterocycles. The molecule has 0 amide bonds. The van der Waals surface area contributed by atoms with Crippen molar-refractivity contribution < 1.29 is 9.90 Å². The minimum Gasteiger partial charge on any atom is -0.390 e. The van der Waals surface area contributed by atoms with E-state index in [-0.39, 0.29) is 10.8 Å². The predicted octanol–water partition coefficient (Wildman–Crippen LogP) is 2.05. The van der Waals surface area contributed by atoms with E-state index in [1.807, 2.05) is 6.92 Å². The molecule has 0 radical (unpaired) electrons. The van der Waals surface area contributed by atoms with Crippen LogP contribution in [0.5, 0.6) is 0 Å². The van der Waals surface area contributed by atoms with Crippen molar-refractivity contribution in [3.63, 3.8) is 0 Å². The normalized spacial score (nSPS) is 56.3. The molecule has 1 N–H and O–H groups in total. The Kier molecular flexibility index (Phi) is 1.42. The summed E-state index contributed by atoms with van der Waals surface area (Å²) < 4.78 is 0. The maximum atomic E-state index is 11.6. The van der Waals surface area contributed by atoms with E-state index in [2.05, 4.69) is 0 Å². The van der Waals surface area contributed by atoms with Crippen molar-refractivity contribution in [2.45, 2.75) is 57.5 Å². The molecule has 3 aliphatic carbocycles. The summed E-state index contributed by atoms with van der Waals surface area (Å²) in [5.74, 6) is 0.393. The Morgan fingerprint density at radius 2 is 1.93 bits per heavy atom. The fourth-order valence-corrected chi connectivity index (χ4v) is 4.75. The van der Waals surface area contributed by atoms with Crippen LogP contribution in [0.4, 0.5) is 0 Å². The molecule has 2 heteroatoms. The summed E-state index contributed by atoms with van der Waals surface area (Å²) in [6, 6.07) is 0. The van der Waals surface area contributed by atoms with Gasteiger partial charge in [-0.2, -0.15) is 0 Å². The third-order valence-electron chi connectivity index (χ3n) is 5.43. The number of Topliss-reactive ketones (excluding diaryl/α,β-unsaturated/α-hetero) is 1.